The summed E-state index contributed by atoms with van der Waals surface area (Å²) in [4.78, 5) is 12.2. The molecule has 35 heavy (non-hydrogen) atoms. The number of hydrogen-bond donors (Lipinski definition) is 5. The maximum absolute atomic E-state index is 12.2. The Balaban J connectivity index is 0.00000289. The zero-order valence-electron chi connectivity index (χ0n) is 21.3. The van der Waals surface area contributed by atoms with Gasteiger partial charge in [-0.1, -0.05) is 13.8 Å². The van der Waals surface area contributed by atoms with Crippen molar-refractivity contribution in [1.29, 1.82) is 0 Å². The number of halogens is 1. The first kappa shape index (κ1) is 27.6. The molecule has 13 atom stereocenters. The predicted molar refractivity (Wildman–Crippen MR) is 132 cm³/mol. The number of fused-ring (bicyclic) bond motifs is 5. The Morgan fingerprint density at radius 1 is 0.943 bits per heavy atom. The van der Waals surface area contributed by atoms with Gasteiger partial charge in [0.25, 0.3) is 0 Å². The van der Waals surface area contributed by atoms with Gasteiger partial charge in [0, 0.05) is 11.5 Å². The third kappa shape index (κ3) is 3.98. The number of ether oxygens (including phenoxy) is 2. The van der Waals surface area contributed by atoms with Gasteiger partial charge in [0.15, 0.2) is 6.29 Å². The van der Waals surface area contributed by atoms with Crippen LogP contribution in [0, 0.1) is 34.5 Å². The summed E-state index contributed by atoms with van der Waals surface area (Å²) in [5, 5.41) is 30.5. The third-order valence-electron chi connectivity index (χ3n) is 11.4. The van der Waals surface area contributed by atoms with Crippen molar-refractivity contribution in [2.45, 2.75) is 121 Å². The summed E-state index contributed by atoms with van der Waals surface area (Å²) in [7, 11) is 0. The molecule has 202 valence electrons. The Bertz CT molecular complexity index is 819. The van der Waals surface area contributed by atoms with Crippen LogP contribution < -0.4 is 11.5 Å². The molecular formula is C26H45ClN2O6. The molecule has 4 saturated carbocycles. The summed E-state index contributed by atoms with van der Waals surface area (Å²) in [5.74, 6) is 1.14. The molecule has 5 rings (SSSR count). The van der Waals surface area contributed by atoms with Gasteiger partial charge >= 0.3 is 0 Å². The summed E-state index contributed by atoms with van der Waals surface area (Å²) in [6.45, 7) is 6.33. The van der Waals surface area contributed by atoms with E-state index in [2.05, 4.69) is 13.8 Å². The van der Waals surface area contributed by atoms with E-state index in [1.165, 1.54) is 0 Å². The fourth-order valence-corrected chi connectivity index (χ4v) is 9.18. The predicted octanol–water partition coefficient (Wildman–Crippen LogP) is 1.85. The lowest BCUT2D eigenvalue weighted by Gasteiger charge is -2.64. The molecule has 9 heteroatoms. The molecule has 8 nitrogen and oxygen atoms in total. The second-order valence-corrected chi connectivity index (χ2v) is 12.7. The maximum atomic E-state index is 12.2. The van der Waals surface area contributed by atoms with Gasteiger partial charge in [-0.2, -0.15) is 0 Å². The number of primary amides is 1. The number of carbonyl (C=O) groups excluding carboxylic acids is 1. The van der Waals surface area contributed by atoms with Crippen molar-refractivity contribution in [3.8, 4) is 0 Å². The lowest BCUT2D eigenvalue weighted by Crippen LogP contribution is -2.67. The fourth-order valence-electron chi connectivity index (χ4n) is 9.18. The molecule has 0 aromatic carbocycles. The highest BCUT2D eigenvalue weighted by Crippen LogP contribution is 2.68. The Labute approximate surface area is 214 Å². The highest BCUT2D eigenvalue weighted by Gasteiger charge is 2.67. The lowest BCUT2D eigenvalue weighted by molar-refractivity contribution is -0.309. The van der Waals surface area contributed by atoms with Crippen molar-refractivity contribution in [2.24, 2.45) is 46.0 Å². The van der Waals surface area contributed by atoms with Crippen LogP contribution >= 0.6 is 12.4 Å². The normalized spacial score (nSPS) is 55.7. The number of aliphatic hydroxyl groups excluding tert-OH is 3. The zero-order valence-corrected chi connectivity index (χ0v) is 22.1. The SMILES string of the molecule is C[C@@H]1O[C@H](O[C@H]2CC[C@@]3(C)[C@H](CC[C@@H]4[C@@H]3CC[C@]3(C)[C@@H](C(N)=O)CC[C@@]43N)C2)[C@H](O)[C@H](O)[C@H]1O.Cl. The van der Waals surface area contributed by atoms with Crippen molar-refractivity contribution in [2.75, 3.05) is 0 Å². The zero-order chi connectivity index (χ0) is 24.6. The van der Waals surface area contributed by atoms with Crippen LogP contribution in [-0.4, -0.2) is 63.6 Å². The summed E-state index contributed by atoms with van der Waals surface area (Å²) in [6, 6.07) is 0. The van der Waals surface area contributed by atoms with E-state index >= 15 is 0 Å². The number of nitrogens with two attached hydrogens (primary N) is 2. The molecule has 5 fully saturated rings. The van der Waals surface area contributed by atoms with Crippen molar-refractivity contribution >= 4 is 18.3 Å². The van der Waals surface area contributed by atoms with E-state index in [-0.39, 0.29) is 46.7 Å². The largest absolute Gasteiger partial charge is 0.388 e. The minimum Gasteiger partial charge on any atom is -0.388 e. The second kappa shape index (κ2) is 9.37. The first-order chi connectivity index (χ1) is 15.9. The average molecular weight is 517 g/mol. The van der Waals surface area contributed by atoms with Gasteiger partial charge in [-0.05, 0) is 93.3 Å². The van der Waals surface area contributed by atoms with Crippen molar-refractivity contribution in [1.82, 2.24) is 0 Å². The number of rotatable bonds is 3. The maximum Gasteiger partial charge on any atom is 0.221 e. The van der Waals surface area contributed by atoms with E-state index in [0.717, 1.165) is 57.8 Å². The number of hydrogen-bond acceptors (Lipinski definition) is 7. The van der Waals surface area contributed by atoms with E-state index < -0.39 is 30.7 Å². The van der Waals surface area contributed by atoms with Gasteiger partial charge in [0.2, 0.25) is 5.91 Å². The van der Waals surface area contributed by atoms with Crippen molar-refractivity contribution in [3.63, 3.8) is 0 Å². The van der Waals surface area contributed by atoms with Gasteiger partial charge in [-0.25, -0.2) is 0 Å². The summed E-state index contributed by atoms with van der Waals surface area (Å²) in [5.41, 5.74) is 12.7. The minimum atomic E-state index is -1.27. The molecular weight excluding hydrogens is 472 g/mol. The quantitative estimate of drug-likeness (QED) is 0.359. The molecule has 7 N–H and O–H groups in total. The highest BCUT2D eigenvalue weighted by atomic mass is 35.5. The molecule has 0 aromatic rings. The van der Waals surface area contributed by atoms with E-state index in [1.54, 1.807) is 6.92 Å². The molecule has 1 aliphatic heterocycles. The van der Waals surface area contributed by atoms with Crippen molar-refractivity contribution < 1.29 is 29.6 Å². The first-order valence-electron chi connectivity index (χ1n) is 13.4. The molecule has 0 unspecified atom stereocenters. The minimum absolute atomic E-state index is 0. The van der Waals surface area contributed by atoms with E-state index in [4.69, 9.17) is 20.9 Å². The molecule has 0 radical (unpaired) electrons. The molecule has 1 saturated heterocycles. The Morgan fingerprint density at radius 2 is 1.66 bits per heavy atom. The van der Waals surface area contributed by atoms with Gasteiger partial charge in [0.05, 0.1) is 12.2 Å². The molecule has 5 aliphatic rings. The first-order valence-corrected chi connectivity index (χ1v) is 13.4. The number of aliphatic hydroxyl groups is 3. The Hall–Kier alpha value is -0.480. The highest BCUT2D eigenvalue weighted by molar-refractivity contribution is 5.85. The average Bonchev–Trinajstić information content (AvgIpc) is 3.07. The smallest absolute Gasteiger partial charge is 0.221 e. The van der Waals surface area contributed by atoms with Gasteiger partial charge in [-0.3, -0.25) is 4.79 Å². The van der Waals surface area contributed by atoms with Crippen LogP contribution in [-0.2, 0) is 14.3 Å². The summed E-state index contributed by atoms with van der Waals surface area (Å²) in [6.07, 6.45) is 3.47. The molecule has 1 heterocycles. The number of amides is 1. The van der Waals surface area contributed by atoms with Crippen LogP contribution in [0.15, 0.2) is 0 Å². The van der Waals surface area contributed by atoms with Crippen LogP contribution in [0.2, 0.25) is 0 Å². The van der Waals surface area contributed by atoms with Gasteiger partial charge in [0.1, 0.15) is 18.3 Å². The third-order valence-corrected chi connectivity index (χ3v) is 11.4. The molecule has 1 amide bonds. The van der Waals surface area contributed by atoms with Crippen LogP contribution in [0.4, 0.5) is 0 Å². The van der Waals surface area contributed by atoms with Gasteiger partial charge in [-0.15, -0.1) is 12.4 Å². The molecule has 0 aromatic heterocycles. The second-order valence-electron chi connectivity index (χ2n) is 12.7. The molecule has 4 aliphatic carbocycles. The summed E-state index contributed by atoms with van der Waals surface area (Å²) >= 11 is 0. The summed E-state index contributed by atoms with van der Waals surface area (Å²) < 4.78 is 11.9. The monoisotopic (exact) mass is 516 g/mol. The van der Waals surface area contributed by atoms with Crippen LogP contribution in [0.3, 0.4) is 0 Å². The van der Waals surface area contributed by atoms with E-state index in [1.807, 2.05) is 0 Å². The van der Waals surface area contributed by atoms with Crippen molar-refractivity contribution in [3.05, 3.63) is 0 Å². The van der Waals surface area contributed by atoms with E-state index in [9.17, 15) is 20.1 Å². The lowest BCUT2D eigenvalue weighted by atomic mass is 9.42. The molecule has 0 bridgehead atoms. The molecule has 0 spiro atoms. The Morgan fingerprint density at radius 3 is 2.34 bits per heavy atom. The van der Waals surface area contributed by atoms with Crippen LogP contribution in [0.1, 0.15) is 78.6 Å². The standard InChI is InChI=1S/C26H44N2O6.ClH/c1-13-19(29)20(30)21(31)23(33-13)34-15-6-9-24(2)14(12-15)4-5-17-16(24)7-10-25(3)18(22(27)32)8-11-26(17,25)28;/h13-21,23,29-31H,4-12,28H2,1-3H3,(H2,27,32);1H/t13-,14+,15-,16-,17+,18+,19-,20+,21+,23+,24-,25+,26+;/m0./s1. The topological polar surface area (TPSA) is 148 Å². The van der Waals surface area contributed by atoms with E-state index in [0.29, 0.717) is 17.8 Å². The van der Waals surface area contributed by atoms with Crippen LogP contribution in [0.5, 0.6) is 0 Å². The van der Waals surface area contributed by atoms with Gasteiger partial charge < -0.3 is 36.3 Å². The van der Waals surface area contributed by atoms with Crippen LogP contribution in [0.25, 0.3) is 0 Å². The Kier molecular flexibility index (Phi) is 7.37. The fraction of sp³-hybridized carbons (Fsp3) is 0.962. The number of carbonyl (C=O) groups is 1.